The average Bonchev–Trinajstić information content (AvgIpc) is 3.09. The van der Waals surface area contributed by atoms with Gasteiger partial charge in [0.25, 0.3) is 0 Å². The Labute approximate surface area is 175 Å². The maximum absolute atomic E-state index is 12.9. The molecule has 29 heavy (non-hydrogen) atoms. The van der Waals surface area contributed by atoms with Crippen LogP contribution in [0.2, 0.25) is 0 Å². The van der Waals surface area contributed by atoms with E-state index in [4.69, 9.17) is 9.47 Å². The number of hydrogen-bond acceptors (Lipinski definition) is 4. The van der Waals surface area contributed by atoms with Crippen LogP contribution in [0.3, 0.4) is 0 Å². The molecule has 0 bridgehead atoms. The molecular formula is C23H15BrFNO3. The van der Waals surface area contributed by atoms with Gasteiger partial charge in [-0.25, -0.2) is 14.2 Å². The van der Waals surface area contributed by atoms with Gasteiger partial charge in [0.05, 0.1) is 0 Å². The zero-order chi connectivity index (χ0) is 20.2. The number of carbonyl (C=O) groups is 1. The van der Waals surface area contributed by atoms with Gasteiger partial charge >= 0.3 is 5.97 Å². The largest absolute Gasteiger partial charge is 0.489 e. The number of esters is 1. The number of cyclic esters (lactones) is 1. The van der Waals surface area contributed by atoms with Crippen LogP contribution in [0.15, 0.2) is 88.0 Å². The van der Waals surface area contributed by atoms with E-state index in [2.05, 4.69) is 20.9 Å². The van der Waals surface area contributed by atoms with E-state index in [0.29, 0.717) is 12.4 Å². The normalized spacial score (nSPS) is 14.6. The Bertz CT molecular complexity index is 1090. The number of hydrogen-bond donors (Lipinski definition) is 0. The van der Waals surface area contributed by atoms with Crippen molar-refractivity contribution in [2.45, 2.75) is 6.61 Å². The molecule has 6 heteroatoms. The molecule has 4 nitrogen and oxygen atoms in total. The second-order valence-electron chi connectivity index (χ2n) is 6.33. The first kappa shape index (κ1) is 19.1. The maximum atomic E-state index is 12.9. The Hall–Kier alpha value is -3.25. The van der Waals surface area contributed by atoms with Gasteiger partial charge in [0.2, 0.25) is 5.90 Å². The number of nitrogens with zero attached hydrogens (tertiary/aromatic N) is 1. The van der Waals surface area contributed by atoms with Gasteiger partial charge in [0, 0.05) is 10.0 Å². The third-order valence-electron chi connectivity index (χ3n) is 4.21. The van der Waals surface area contributed by atoms with Crippen molar-refractivity contribution in [2.75, 3.05) is 0 Å². The summed E-state index contributed by atoms with van der Waals surface area (Å²) in [6.45, 7) is 0.341. The number of carbonyl (C=O) groups excluding carboxylic acids is 1. The first-order valence-corrected chi connectivity index (χ1v) is 9.62. The summed E-state index contributed by atoms with van der Waals surface area (Å²) in [5.41, 5.74) is 2.64. The van der Waals surface area contributed by atoms with Crippen LogP contribution in [0.1, 0.15) is 16.7 Å². The molecule has 0 saturated heterocycles. The van der Waals surface area contributed by atoms with E-state index in [0.717, 1.165) is 21.2 Å². The fourth-order valence-corrected chi connectivity index (χ4v) is 2.95. The number of aliphatic imine (C=N–C) groups is 1. The molecule has 0 aliphatic carbocycles. The highest BCUT2D eigenvalue weighted by Crippen LogP contribution is 2.22. The third kappa shape index (κ3) is 4.78. The lowest BCUT2D eigenvalue weighted by molar-refractivity contribution is -0.129. The van der Waals surface area contributed by atoms with E-state index in [9.17, 15) is 9.18 Å². The van der Waals surface area contributed by atoms with Crippen molar-refractivity contribution in [3.8, 4) is 5.75 Å². The van der Waals surface area contributed by atoms with Gasteiger partial charge in [-0.15, -0.1) is 0 Å². The number of ether oxygens (including phenoxy) is 2. The van der Waals surface area contributed by atoms with Crippen LogP contribution in [0.5, 0.6) is 5.75 Å². The molecule has 0 atom stereocenters. The van der Waals surface area contributed by atoms with E-state index in [-0.39, 0.29) is 17.4 Å². The number of halogens is 2. The molecular weight excluding hydrogens is 437 g/mol. The molecule has 0 saturated carbocycles. The van der Waals surface area contributed by atoms with Crippen LogP contribution in [-0.2, 0) is 16.1 Å². The highest BCUT2D eigenvalue weighted by Gasteiger charge is 2.24. The Morgan fingerprint density at radius 1 is 0.966 bits per heavy atom. The smallest absolute Gasteiger partial charge is 0.363 e. The van der Waals surface area contributed by atoms with E-state index in [1.165, 1.54) is 12.1 Å². The van der Waals surface area contributed by atoms with Gasteiger partial charge in [-0.2, -0.15) is 0 Å². The second-order valence-corrected chi connectivity index (χ2v) is 7.24. The zero-order valence-corrected chi connectivity index (χ0v) is 16.7. The molecule has 0 fully saturated rings. The minimum atomic E-state index is -0.487. The third-order valence-corrected chi connectivity index (χ3v) is 4.74. The number of benzene rings is 3. The lowest BCUT2D eigenvalue weighted by Gasteiger charge is -2.06. The first-order chi connectivity index (χ1) is 14.1. The molecule has 0 N–H and O–H groups in total. The lowest BCUT2D eigenvalue weighted by atomic mass is 10.2. The topological polar surface area (TPSA) is 47.9 Å². The van der Waals surface area contributed by atoms with Crippen molar-refractivity contribution >= 4 is 33.9 Å². The van der Waals surface area contributed by atoms with Crippen molar-refractivity contribution in [2.24, 2.45) is 4.99 Å². The first-order valence-electron chi connectivity index (χ1n) is 8.83. The van der Waals surface area contributed by atoms with Crippen LogP contribution in [0.25, 0.3) is 6.08 Å². The molecule has 3 aromatic rings. The van der Waals surface area contributed by atoms with Crippen molar-refractivity contribution < 1.29 is 18.7 Å². The predicted octanol–water partition coefficient (Wildman–Crippen LogP) is 5.51. The van der Waals surface area contributed by atoms with Crippen LogP contribution >= 0.6 is 15.9 Å². The fourth-order valence-electron chi connectivity index (χ4n) is 2.69. The van der Waals surface area contributed by atoms with Crippen LogP contribution in [-0.4, -0.2) is 11.9 Å². The Balaban J connectivity index is 1.44. The molecule has 0 aromatic heterocycles. The summed E-state index contributed by atoms with van der Waals surface area (Å²) in [6.07, 6.45) is 1.66. The van der Waals surface area contributed by atoms with Gasteiger partial charge in [-0.3, -0.25) is 0 Å². The number of rotatable bonds is 5. The van der Waals surface area contributed by atoms with Gasteiger partial charge < -0.3 is 9.47 Å². The van der Waals surface area contributed by atoms with Gasteiger partial charge in [-0.1, -0.05) is 40.2 Å². The minimum Gasteiger partial charge on any atom is -0.489 e. The van der Waals surface area contributed by atoms with E-state index in [1.54, 1.807) is 30.3 Å². The van der Waals surface area contributed by atoms with Crippen LogP contribution < -0.4 is 4.74 Å². The molecule has 144 valence electrons. The minimum absolute atomic E-state index is 0.239. The highest BCUT2D eigenvalue weighted by molar-refractivity contribution is 9.10. The summed E-state index contributed by atoms with van der Waals surface area (Å²) >= 11 is 3.37. The van der Waals surface area contributed by atoms with Gasteiger partial charge in [-0.05, 0) is 65.7 Å². The average molecular weight is 452 g/mol. The SMILES string of the molecule is O=C1OC(c2ccc(Br)cc2)=N/C1=C/c1ccc(OCc2ccc(F)cc2)cc1. The standard InChI is InChI=1S/C23H15BrFNO3/c24-18-7-5-17(6-8-18)22-26-21(23(27)29-22)13-15-3-11-20(12-4-15)28-14-16-1-9-19(25)10-2-16/h1-13H,14H2/b21-13+. The van der Waals surface area contributed by atoms with E-state index >= 15 is 0 Å². The molecule has 0 unspecified atom stereocenters. The fraction of sp³-hybridized carbons (Fsp3) is 0.0435. The molecule has 0 amide bonds. The summed E-state index contributed by atoms with van der Waals surface area (Å²) in [4.78, 5) is 16.4. The molecule has 4 rings (SSSR count). The summed E-state index contributed by atoms with van der Waals surface area (Å²) < 4.78 is 24.8. The summed E-state index contributed by atoms with van der Waals surface area (Å²) in [7, 11) is 0. The summed E-state index contributed by atoms with van der Waals surface area (Å²) in [6, 6.07) is 20.8. The Kier molecular flexibility index (Phi) is 5.53. The summed E-state index contributed by atoms with van der Waals surface area (Å²) in [5.74, 6) is 0.194. The van der Waals surface area contributed by atoms with Crippen LogP contribution in [0, 0.1) is 5.82 Å². The monoisotopic (exact) mass is 451 g/mol. The summed E-state index contributed by atoms with van der Waals surface area (Å²) in [5, 5.41) is 0. The predicted molar refractivity (Wildman–Crippen MR) is 112 cm³/mol. The van der Waals surface area contributed by atoms with Gasteiger partial charge in [0.15, 0.2) is 5.70 Å². The van der Waals surface area contributed by atoms with E-state index < -0.39 is 5.97 Å². The molecule has 0 radical (unpaired) electrons. The zero-order valence-electron chi connectivity index (χ0n) is 15.1. The quantitative estimate of drug-likeness (QED) is 0.379. The Morgan fingerprint density at radius 2 is 1.66 bits per heavy atom. The molecule has 1 heterocycles. The van der Waals surface area contributed by atoms with Crippen molar-refractivity contribution in [1.82, 2.24) is 0 Å². The van der Waals surface area contributed by atoms with Crippen LogP contribution in [0.4, 0.5) is 4.39 Å². The lowest BCUT2D eigenvalue weighted by Crippen LogP contribution is -2.05. The van der Waals surface area contributed by atoms with Crippen molar-refractivity contribution in [1.29, 1.82) is 0 Å². The van der Waals surface area contributed by atoms with E-state index in [1.807, 2.05) is 36.4 Å². The molecule has 3 aromatic carbocycles. The molecule has 1 aliphatic rings. The molecule has 1 aliphatic heterocycles. The van der Waals surface area contributed by atoms with Crippen molar-refractivity contribution in [3.63, 3.8) is 0 Å². The maximum Gasteiger partial charge on any atom is 0.363 e. The highest BCUT2D eigenvalue weighted by atomic mass is 79.9. The Morgan fingerprint density at radius 3 is 2.34 bits per heavy atom. The van der Waals surface area contributed by atoms with Crippen molar-refractivity contribution in [3.05, 3.63) is 105 Å². The second kappa shape index (κ2) is 8.41. The molecule has 0 spiro atoms. The van der Waals surface area contributed by atoms with Gasteiger partial charge in [0.1, 0.15) is 18.2 Å².